The molecule has 5 heteroatoms. The molecule has 3 aromatic rings. The number of pyridine rings is 1. The monoisotopic (exact) mass is 346 g/mol. The summed E-state index contributed by atoms with van der Waals surface area (Å²) in [6.45, 7) is 2.17. The van der Waals surface area contributed by atoms with E-state index in [2.05, 4.69) is 4.98 Å². The summed E-state index contributed by atoms with van der Waals surface area (Å²) >= 11 is 0. The van der Waals surface area contributed by atoms with Gasteiger partial charge in [-0.05, 0) is 48.2 Å². The summed E-state index contributed by atoms with van der Waals surface area (Å²) in [7, 11) is 0. The Morgan fingerprint density at radius 1 is 1.12 bits per heavy atom. The quantitative estimate of drug-likeness (QED) is 0.775. The van der Waals surface area contributed by atoms with Gasteiger partial charge in [0.15, 0.2) is 5.78 Å². The van der Waals surface area contributed by atoms with Crippen LogP contribution in [0.1, 0.15) is 27.9 Å². The van der Waals surface area contributed by atoms with Crippen LogP contribution in [0.15, 0.2) is 53.3 Å². The molecule has 0 atom stereocenters. The van der Waals surface area contributed by atoms with Gasteiger partial charge in [-0.25, -0.2) is 0 Å². The van der Waals surface area contributed by atoms with Crippen LogP contribution in [0.25, 0.3) is 10.9 Å². The van der Waals surface area contributed by atoms with Crippen LogP contribution in [0.4, 0.5) is 5.69 Å². The molecule has 2 heterocycles. The molecule has 4 rings (SSSR count). The van der Waals surface area contributed by atoms with E-state index in [1.807, 2.05) is 42.5 Å². The van der Waals surface area contributed by atoms with E-state index in [-0.39, 0.29) is 23.7 Å². The molecule has 0 saturated heterocycles. The number of nitrogens with one attached hydrogen (secondary N) is 1. The van der Waals surface area contributed by atoms with Gasteiger partial charge in [-0.15, -0.1) is 0 Å². The highest BCUT2D eigenvalue weighted by molar-refractivity contribution is 6.09. The van der Waals surface area contributed by atoms with Crippen molar-refractivity contribution in [1.29, 1.82) is 0 Å². The number of hydrogen-bond acceptors (Lipinski definition) is 3. The first-order valence-electron chi connectivity index (χ1n) is 8.58. The SMILES string of the molecule is Cc1cc2cc(CC(=O)N3CCC(=O)c4ccccc43)ccc2[nH]c1=O. The van der Waals surface area contributed by atoms with Crippen LogP contribution >= 0.6 is 0 Å². The summed E-state index contributed by atoms with van der Waals surface area (Å²) < 4.78 is 0. The second-order valence-electron chi connectivity index (χ2n) is 6.62. The number of rotatable bonds is 2. The zero-order valence-electron chi connectivity index (χ0n) is 14.4. The van der Waals surface area contributed by atoms with Gasteiger partial charge in [-0.3, -0.25) is 14.4 Å². The van der Waals surface area contributed by atoms with Gasteiger partial charge in [0.25, 0.3) is 5.56 Å². The summed E-state index contributed by atoms with van der Waals surface area (Å²) in [5, 5.41) is 0.904. The van der Waals surface area contributed by atoms with Crippen molar-refractivity contribution in [3.8, 4) is 0 Å². The first-order chi connectivity index (χ1) is 12.5. The van der Waals surface area contributed by atoms with Crippen LogP contribution in [-0.4, -0.2) is 23.2 Å². The van der Waals surface area contributed by atoms with E-state index in [1.54, 1.807) is 17.9 Å². The highest BCUT2D eigenvalue weighted by atomic mass is 16.2. The van der Waals surface area contributed by atoms with Gasteiger partial charge >= 0.3 is 0 Å². The van der Waals surface area contributed by atoms with E-state index < -0.39 is 0 Å². The molecular formula is C21H18N2O3. The van der Waals surface area contributed by atoms with Crippen LogP contribution in [0, 0.1) is 6.92 Å². The van der Waals surface area contributed by atoms with Crippen LogP contribution in [0.2, 0.25) is 0 Å². The Morgan fingerprint density at radius 3 is 2.77 bits per heavy atom. The predicted molar refractivity (Wildman–Crippen MR) is 101 cm³/mol. The fourth-order valence-electron chi connectivity index (χ4n) is 3.42. The smallest absolute Gasteiger partial charge is 0.251 e. The maximum Gasteiger partial charge on any atom is 0.251 e. The molecule has 130 valence electrons. The number of fused-ring (bicyclic) bond motifs is 2. The molecule has 5 nitrogen and oxygen atoms in total. The summed E-state index contributed by atoms with van der Waals surface area (Å²) in [6.07, 6.45) is 0.595. The first kappa shape index (κ1) is 16.3. The van der Waals surface area contributed by atoms with E-state index in [1.165, 1.54) is 0 Å². The molecule has 1 aliphatic heterocycles. The Morgan fingerprint density at radius 2 is 1.92 bits per heavy atom. The molecule has 0 unspecified atom stereocenters. The Bertz CT molecular complexity index is 1100. The Labute approximate surface area is 150 Å². The summed E-state index contributed by atoms with van der Waals surface area (Å²) in [5.41, 5.74) is 3.47. The van der Waals surface area contributed by atoms with E-state index in [0.717, 1.165) is 16.5 Å². The number of aromatic amines is 1. The fraction of sp³-hybridized carbons (Fsp3) is 0.190. The van der Waals surface area contributed by atoms with Crippen molar-refractivity contribution >= 4 is 28.3 Å². The topological polar surface area (TPSA) is 70.2 Å². The van der Waals surface area contributed by atoms with Crippen LogP contribution in [-0.2, 0) is 11.2 Å². The van der Waals surface area contributed by atoms with E-state index in [0.29, 0.717) is 29.8 Å². The number of carbonyl (C=O) groups is 2. The zero-order chi connectivity index (χ0) is 18.3. The van der Waals surface area contributed by atoms with Gasteiger partial charge in [-0.2, -0.15) is 0 Å². The van der Waals surface area contributed by atoms with Gasteiger partial charge < -0.3 is 9.88 Å². The lowest BCUT2D eigenvalue weighted by Crippen LogP contribution is -2.38. The van der Waals surface area contributed by atoms with Gasteiger partial charge in [0.1, 0.15) is 0 Å². The van der Waals surface area contributed by atoms with Gasteiger partial charge in [0, 0.05) is 29.6 Å². The average Bonchev–Trinajstić information content (AvgIpc) is 2.63. The number of amides is 1. The standard InChI is InChI=1S/C21H18N2O3/c1-13-10-15-11-14(6-7-17(15)22-21(13)26)12-20(25)23-9-8-19(24)16-4-2-3-5-18(16)23/h2-7,10-11H,8-9,12H2,1H3,(H,22,26). The lowest BCUT2D eigenvalue weighted by molar-refractivity contribution is -0.118. The van der Waals surface area contributed by atoms with E-state index in [4.69, 9.17) is 0 Å². The third-order valence-corrected chi connectivity index (χ3v) is 4.81. The Balaban J connectivity index is 1.64. The zero-order valence-corrected chi connectivity index (χ0v) is 14.4. The van der Waals surface area contributed by atoms with Crippen molar-refractivity contribution in [2.75, 3.05) is 11.4 Å². The minimum absolute atomic E-state index is 0.0366. The maximum atomic E-state index is 12.9. The molecule has 0 radical (unpaired) electrons. The number of aromatic nitrogens is 1. The van der Waals surface area contributed by atoms with Crippen molar-refractivity contribution in [2.45, 2.75) is 19.8 Å². The first-order valence-corrected chi connectivity index (χ1v) is 8.58. The number of carbonyl (C=O) groups excluding carboxylic acids is 2. The number of hydrogen-bond donors (Lipinski definition) is 1. The van der Waals surface area contributed by atoms with Crippen molar-refractivity contribution < 1.29 is 9.59 Å². The van der Waals surface area contributed by atoms with Crippen molar-refractivity contribution in [1.82, 2.24) is 4.98 Å². The maximum absolute atomic E-state index is 12.9. The number of Topliss-reactive ketones (excluding diaryl/α,β-unsaturated/α-hetero) is 1. The van der Waals surface area contributed by atoms with Crippen molar-refractivity contribution in [3.05, 3.63) is 75.6 Å². The number of anilines is 1. The highest BCUT2D eigenvalue weighted by Gasteiger charge is 2.26. The number of para-hydroxylation sites is 1. The third kappa shape index (κ3) is 2.81. The normalized spacial score (nSPS) is 13.7. The lowest BCUT2D eigenvalue weighted by atomic mass is 9.99. The number of nitrogens with zero attached hydrogens (tertiary/aromatic N) is 1. The van der Waals surface area contributed by atoms with Crippen LogP contribution in [0.5, 0.6) is 0 Å². The minimum Gasteiger partial charge on any atom is -0.322 e. The molecule has 0 fully saturated rings. The third-order valence-electron chi connectivity index (χ3n) is 4.81. The average molecular weight is 346 g/mol. The molecule has 0 aliphatic carbocycles. The number of H-pyrrole nitrogens is 1. The molecule has 1 aliphatic rings. The van der Waals surface area contributed by atoms with Gasteiger partial charge in [0.05, 0.1) is 12.1 Å². The molecule has 0 spiro atoms. The summed E-state index contributed by atoms with van der Waals surface area (Å²) in [5.74, 6) is 0.0419. The molecule has 1 aromatic heterocycles. The molecule has 0 saturated carbocycles. The van der Waals surface area contributed by atoms with Gasteiger partial charge in [-0.1, -0.05) is 18.2 Å². The largest absolute Gasteiger partial charge is 0.322 e. The molecule has 1 N–H and O–H groups in total. The molecule has 2 aromatic carbocycles. The molecule has 0 bridgehead atoms. The lowest BCUT2D eigenvalue weighted by Gasteiger charge is -2.28. The Kier molecular flexibility index (Phi) is 3.92. The number of benzene rings is 2. The summed E-state index contributed by atoms with van der Waals surface area (Å²) in [4.78, 5) is 41.1. The number of ketones is 1. The second kappa shape index (κ2) is 6.26. The van der Waals surface area contributed by atoms with Crippen LogP contribution in [0.3, 0.4) is 0 Å². The van der Waals surface area contributed by atoms with Gasteiger partial charge in [0.2, 0.25) is 5.91 Å². The molecule has 26 heavy (non-hydrogen) atoms. The molecule has 1 amide bonds. The molecular weight excluding hydrogens is 328 g/mol. The van der Waals surface area contributed by atoms with Crippen molar-refractivity contribution in [3.63, 3.8) is 0 Å². The second-order valence-corrected chi connectivity index (χ2v) is 6.62. The summed E-state index contributed by atoms with van der Waals surface area (Å²) in [6, 6.07) is 14.7. The highest BCUT2D eigenvalue weighted by Crippen LogP contribution is 2.27. The fourth-order valence-corrected chi connectivity index (χ4v) is 3.42. The van der Waals surface area contributed by atoms with E-state index in [9.17, 15) is 14.4 Å². The van der Waals surface area contributed by atoms with Crippen molar-refractivity contribution in [2.24, 2.45) is 0 Å². The number of aryl methyl sites for hydroxylation is 1. The minimum atomic E-state index is -0.101. The van der Waals surface area contributed by atoms with Crippen LogP contribution < -0.4 is 10.5 Å². The Hall–Kier alpha value is -3.21. The predicted octanol–water partition coefficient (Wildman–Crippen LogP) is 3.00. The van der Waals surface area contributed by atoms with E-state index >= 15 is 0 Å².